The van der Waals surface area contributed by atoms with Gasteiger partial charge in [0.15, 0.2) is 5.96 Å². The van der Waals surface area contributed by atoms with Crippen molar-refractivity contribution in [2.75, 3.05) is 47.1 Å². The molecule has 0 heterocycles. The van der Waals surface area contributed by atoms with Crippen molar-refractivity contribution in [1.29, 1.82) is 0 Å². The molecule has 0 amide bonds. The van der Waals surface area contributed by atoms with E-state index in [0.29, 0.717) is 18.6 Å². The third kappa shape index (κ3) is 9.53. The van der Waals surface area contributed by atoms with Gasteiger partial charge in [0.2, 0.25) is 0 Å². The first-order valence-electron chi connectivity index (χ1n) is 10.4. The highest BCUT2D eigenvalue weighted by atomic mass is 127. The maximum absolute atomic E-state index is 5.78. The molecule has 0 saturated heterocycles. The molecule has 0 aromatic heterocycles. The van der Waals surface area contributed by atoms with Crippen LogP contribution in [0.15, 0.2) is 29.3 Å². The maximum Gasteiger partial charge on any atom is 0.191 e. The van der Waals surface area contributed by atoms with Crippen LogP contribution in [0.1, 0.15) is 44.6 Å². The van der Waals surface area contributed by atoms with Crippen molar-refractivity contribution in [3.63, 3.8) is 0 Å². The third-order valence-corrected chi connectivity index (χ3v) is 5.36. The van der Waals surface area contributed by atoms with Crippen LogP contribution < -0.4 is 15.4 Å². The molecular formula is C22H38IN3O3. The lowest BCUT2D eigenvalue weighted by atomic mass is 9.83. The summed E-state index contributed by atoms with van der Waals surface area (Å²) in [6.07, 6.45) is 6.21. The monoisotopic (exact) mass is 519 g/mol. The van der Waals surface area contributed by atoms with Crippen LogP contribution in [0.2, 0.25) is 0 Å². The number of methoxy groups -OCH3 is 2. The Labute approximate surface area is 193 Å². The van der Waals surface area contributed by atoms with Gasteiger partial charge < -0.3 is 24.8 Å². The zero-order valence-corrected chi connectivity index (χ0v) is 20.5. The van der Waals surface area contributed by atoms with Gasteiger partial charge in [-0.1, -0.05) is 25.0 Å². The van der Waals surface area contributed by atoms with Gasteiger partial charge in [-0.3, -0.25) is 4.99 Å². The molecule has 7 heteroatoms. The minimum absolute atomic E-state index is 0. The Bertz CT molecular complexity index is 592. The lowest BCUT2D eigenvalue weighted by Crippen LogP contribution is -2.40. The van der Waals surface area contributed by atoms with Gasteiger partial charge in [0.1, 0.15) is 5.75 Å². The normalized spacial score (nSPS) is 15.6. The molecule has 0 spiro atoms. The number of ether oxygens (including phenoxy) is 3. The van der Waals surface area contributed by atoms with Crippen molar-refractivity contribution in [3.8, 4) is 5.75 Å². The summed E-state index contributed by atoms with van der Waals surface area (Å²) in [5.74, 6) is 1.73. The van der Waals surface area contributed by atoms with Crippen molar-refractivity contribution in [2.45, 2.75) is 45.6 Å². The van der Waals surface area contributed by atoms with Crippen molar-refractivity contribution < 1.29 is 14.2 Å². The number of benzene rings is 1. The van der Waals surface area contributed by atoms with E-state index >= 15 is 0 Å². The molecular weight excluding hydrogens is 481 g/mol. The van der Waals surface area contributed by atoms with Crippen LogP contribution in [0.25, 0.3) is 0 Å². The lowest BCUT2D eigenvalue weighted by Gasteiger charge is -2.27. The number of nitrogens with zero attached hydrogens (tertiary/aromatic N) is 1. The second-order valence-electron chi connectivity index (χ2n) is 7.48. The van der Waals surface area contributed by atoms with Crippen LogP contribution >= 0.6 is 24.0 Å². The second kappa shape index (κ2) is 14.8. The molecule has 1 aromatic carbocycles. The topological polar surface area (TPSA) is 64.1 Å². The molecule has 0 bridgehead atoms. The van der Waals surface area contributed by atoms with E-state index in [-0.39, 0.29) is 24.0 Å². The number of nitrogens with one attached hydrogen (secondary N) is 2. The van der Waals surface area contributed by atoms with Crippen molar-refractivity contribution >= 4 is 29.9 Å². The van der Waals surface area contributed by atoms with Gasteiger partial charge in [0.25, 0.3) is 0 Å². The number of hydrogen-bond acceptors (Lipinski definition) is 4. The standard InChI is InChI=1S/C22H37N3O3.HI/c1-4-23-21(25-18-22(12-14-26-2)10-5-6-11-22)24-13-15-28-17-19-8-7-9-20(16-19)27-3;/h7-9,16H,4-6,10-15,17-18H2,1-3H3,(H2,23,24,25);1H. The van der Waals surface area contributed by atoms with Gasteiger partial charge in [-0.15, -0.1) is 24.0 Å². The van der Waals surface area contributed by atoms with Crippen LogP contribution in [0, 0.1) is 5.41 Å². The van der Waals surface area contributed by atoms with Crippen LogP contribution in [-0.4, -0.2) is 53.0 Å². The second-order valence-corrected chi connectivity index (χ2v) is 7.48. The molecule has 1 fully saturated rings. The van der Waals surface area contributed by atoms with E-state index in [2.05, 4.69) is 17.6 Å². The van der Waals surface area contributed by atoms with E-state index in [1.165, 1.54) is 25.7 Å². The van der Waals surface area contributed by atoms with E-state index in [0.717, 1.165) is 49.9 Å². The summed E-state index contributed by atoms with van der Waals surface area (Å²) in [5, 5.41) is 6.72. The molecule has 0 radical (unpaired) electrons. The Morgan fingerprint density at radius 1 is 1.14 bits per heavy atom. The molecule has 2 N–H and O–H groups in total. The van der Waals surface area contributed by atoms with Gasteiger partial charge >= 0.3 is 0 Å². The molecule has 0 aliphatic heterocycles. The highest BCUT2D eigenvalue weighted by molar-refractivity contribution is 14.0. The molecule has 1 aliphatic rings. The van der Waals surface area contributed by atoms with E-state index in [4.69, 9.17) is 19.2 Å². The predicted octanol–water partition coefficient (Wildman–Crippen LogP) is 3.98. The van der Waals surface area contributed by atoms with Crippen LogP contribution in [0.3, 0.4) is 0 Å². The zero-order chi connectivity index (χ0) is 20.1. The SMILES string of the molecule is CCNC(=NCC1(CCOC)CCCC1)NCCOCc1cccc(OC)c1.I. The minimum atomic E-state index is 0. The first kappa shape index (κ1) is 26.0. The number of hydrogen-bond donors (Lipinski definition) is 2. The summed E-state index contributed by atoms with van der Waals surface area (Å²) < 4.78 is 16.3. The fraction of sp³-hybridized carbons (Fsp3) is 0.682. The fourth-order valence-corrected chi connectivity index (χ4v) is 3.71. The average molecular weight is 519 g/mol. The zero-order valence-electron chi connectivity index (χ0n) is 18.2. The molecule has 29 heavy (non-hydrogen) atoms. The van der Waals surface area contributed by atoms with Gasteiger partial charge in [0.05, 0.1) is 20.3 Å². The summed E-state index contributed by atoms with van der Waals surface area (Å²) in [6, 6.07) is 7.96. The number of aliphatic imine (C=N–C) groups is 1. The van der Waals surface area contributed by atoms with E-state index in [9.17, 15) is 0 Å². The van der Waals surface area contributed by atoms with Crippen molar-refractivity contribution in [2.24, 2.45) is 10.4 Å². The number of guanidine groups is 1. The molecule has 1 saturated carbocycles. The summed E-state index contributed by atoms with van der Waals surface area (Å²) >= 11 is 0. The summed E-state index contributed by atoms with van der Waals surface area (Å²) in [7, 11) is 3.46. The van der Waals surface area contributed by atoms with Crippen molar-refractivity contribution in [3.05, 3.63) is 29.8 Å². The molecule has 2 rings (SSSR count). The van der Waals surface area contributed by atoms with Gasteiger partial charge in [-0.05, 0) is 49.3 Å². The smallest absolute Gasteiger partial charge is 0.191 e. The van der Waals surface area contributed by atoms with E-state index in [1.807, 2.05) is 24.3 Å². The highest BCUT2D eigenvalue weighted by Crippen LogP contribution is 2.41. The highest BCUT2D eigenvalue weighted by Gasteiger charge is 2.33. The Morgan fingerprint density at radius 3 is 2.62 bits per heavy atom. The first-order chi connectivity index (χ1) is 13.7. The largest absolute Gasteiger partial charge is 0.497 e. The average Bonchev–Trinajstić information content (AvgIpc) is 3.19. The number of rotatable bonds is 12. The van der Waals surface area contributed by atoms with Crippen LogP contribution in [0.4, 0.5) is 0 Å². The molecule has 1 aliphatic carbocycles. The fourth-order valence-electron chi connectivity index (χ4n) is 3.71. The Morgan fingerprint density at radius 2 is 1.93 bits per heavy atom. The Kier molecular flexibility index (Phi) is 13.3. The third-order valence-electron chi connectivity index (χ3n) is 5.36. The van der Waals surface area contributed by atoms with E-state index in [1.54, 1.807) is 14.2 Å². The molecule has 1 aromatic rings. The van der Waals surface area contributed by atoms with Gasteiger partial charge in [-0.2, -0.15) is 0 Å². The maximum atomic E-state index is 5.78. The molecule has 0 unspecified atom stereocenters. The molecule has 0 atom stereocenters. The van der Waals surface area contributed by atoms with Crippen LogP contribution in [0.5, 0.6) is 5.75 Å². The quantitative estimate of drug-likeness (QED) is 0.189. The van der Waals surface area contributed by atoms with Crippen molar-refractivity contribution in [1.82, 2.24) is 10.6 Å². The molecule has 6 nitrogen and oxygen atoms in total. The van der Waals surface area contributed by atoms with Gasteiger partial charge in [-0.25, -0.2) is 0 Å². The Hall–Kier alpha value is -1.06. The van der Waals surface area contributed by atoms with Gasteiger partial charge in [0, 0.05) is 33.4 Å². The lowest BCUT2D eigenvalue weighted by molar-refractivity contribution is 0.125. The number of halogens is 1. The summed E-state index contributed by atoms with van der Waals surface area (Å²) in [6.45, 7) is 6.53. The van der Waals surface area contributed by atoms with Crippen LogP contribution in [-0.2, 0) is 16.1 Å². The Balaban J connectivity index is 0.00000420. The summed E-state index contributed by atoms with van der Waals surface area (Å²) in [5.41, 5.74) is 1.42. The minimum Gasteiger partial charge on any atom is -0.497 e. The summed E-state index contributed by atoms with van der Waals surface area (Å²) in [4.78, 5) is 4.87. The predicted molar refractivity (Wildman–Crippen MR) is 129 cm³/mol. The first-order valence-corrected chi connectivity index (χ1v) is 10.4. The van der Waals surface area contributed by atoms with E-state index < -0.39 is 0 Å². The molecule has 166 valence electrons.